The maximum atomic E-state index is 12.6. The highest BCUT2D eigenvalue weighted by molar-refractivity contribution is 6.27. The van der Waals surface area contributed by atoms with Gasteiger partial charge in [0.2, 0.25) is 5.91 Å². The maximum absolute atomic E-state index is 12.6. The first-order valence-electron chi connectivity index (χ1n) is 10.1. The molecule has 1 aromatic carbocycles. The number of hydrogen-bond acceptors (Lipinski definition) is 5. The van der Waals surface area contributed by atoms with Gasteiger partial charge < -0.3 is 19.8 Å². The Bertz CT molecular complexity index is 723. The van der Waals surface area contributed by atoms with Crippen LogP contribution in [0, 0.1) is 5.92 Å². The Morgan fingerprint density at radius 3 is 2.10 bits per heavy atom. The van der Waals surface area contributed by atoms with Crippen molar-refractivity contribution >= 4 is 23.9 Å². The number of likely N-dealkylation sites (tertiary alicyclic amines) is 1. The number of nitrogens with zero attached hydrogens (tertiary/aromatic N) is 2. The molecule has 3 rings (SSSR count). The Kier molecular flexibility index (Phi) is 9.50. The molecular weight excluding hydrogens is 388 g/mol. The van der Waals surface area contributed by atoms with Gasteiger partial charge in [-0.15, -0.1) is 0 Å². The summed E-state index contributed by atoms with van der Waals surface area (Å²) in [4.78, 5) is 35.2. The molecule has 0 unspecified atom stereocenters. The third-order valence-electron chi connectivity index (χ3n) is 5.13. The zero-order chi connectivity index (χ0) is 21.9. The number of benzene rings is 1. The molecule has 0 saturated carbocycles. The van der Waals surface area contributed by atoms with Crippen molar-refractivity contribution in [3.05, 3.63) is 41.5 Å². The predicted octanol–water partition coefficient (Wildman–Crippen LogP) is 1.82. The minimum Gasteiger partial charge on any atom is -0.473 e. The monoisotopic (exact) mass is 418 g/mol. The van der Waals surface area contributed by atoms with Gasteiger partial charge in [0.1, 0.15) is 0 Å². The molecule has 8 heteroatoms. The minimum atomic E-state index is -1.82. The smallest absolute Gasteiger partial charge is 0.414 e. The molecule has 8 nitrogen and oxygen atoms in total. The quantitative estimate of drug-likeness (QED) is 0.718. The molecule has 1 aromatic rings. The van der Waals surface area contributed by atoms with E-state index in [1.165, 1.54) is 11.1 Å². The van der Waals surface area contributed by atoms with Crippen LogP contribution in [-0.4, -0.2) is 83.8 Å². The van der Waals surface area contributed by atoms with Crippen LogP contribution in [0.25, 0.3) is 6.08 Å². The van der Waals surface area contributed by atoms with Crippen LogP contribution < -0.4 is 0 Å². The van der Waals surface area contributed by atoms with E-state index in [4.69, 9.17) is 24.5 Å². The molecule has 2 fully saturated rings. The number of carboxylic acid groups (broad SMARTS) is 2. The van der Waals surface area contributed by atoms with Crippen molar-refractivity contribution in [2.45, 2.75) is 19.8 Å². The molecular formula is C22H30N2O6. The summed E-state index contributed by atoms with van der Waals surface area (Å²) in [6.07, 6.45) is 4.22. The Morgan fingerprint density at radius 2 is 1.57 bits per heavy atom. The van der Waals surface area contributed by atoms with Gasteiger partial charge in [-0.1, -0.05) is 42.0 Å². The number of amides is 1. The number of hydrogen-bond donors (Lipinski definition) is 2. The van der Waals surface area contributed by atoms with Crippen molar-refractivity contribution in [3.63, 3.8) is 0 Å². The van der Waals surface area contributed by atoms with Gasteiger partial charge in [0.25, 0.3) is 0 Å². The van der Waals surface area contributed by atoms with Gasteiger partial charge in [-0.05, 0) is 38.4 Å². The lowest BCUT2D eigenvalue weighted by molar-refractivity contribution is -0.159. The first kappa shape index (κ1) is 23.6. The van der Waals surface area contributed by atoms with Crippen molar-refractivity contribution < 1.29 is 29.3 Å². The summed E-state index contributed by atoms with van der Waals surface area (Å²) in [6, 6.07) is 10.5. The molecule has 2 N–H and O–H groups in total. The van der Waals surface area contributed by atoms with Gasteiger partial charge in [0, 0.05) is 25.6 Å². The lowest BCUT2D eigenvalue weighted by atomic mass is 9.94. The van der Waals surface area contributed by atoms with Crippen molar-refractivity contribution in [3.8, 4) is 0 Å². The van der Waals surface area contributed by atoms with Crippen molar-refractivity contribution in [1.82, 2.24) is 9.80 Å². The second-order valence-corrected chi connectivity index (χ2v) is 7.50. The first-order chi connectivity index (χ1) is 14.4. The van der Waals surface area contributed by atoms with Crippen molar-refractivity contribution in [1.29, 1.82) is 0 Å². The first-order valence-corrected chi connectivity index (χ1v) is 10.1. The largest absolute Gasteiger partial charge is 0.473 e. The van der Waals surface area contributed by atoms with Gasteiger partial charge >= 0.3 is 11.9 Å². The third kappa shape index (κ3) is 7.96. The fourth-order valence-corrected chi connectivity index (χ4v) is 3.61. The Labute approximate surface area is 176 Å². The summed E-state index contributed by atoms with van der Waals surface area (Å²) >= 11 is 0. The molecule has 2 saturated heterocycles. The summed E-state index contributed by atoms with van der Waals surface area (Å²) < 4.78 is 5.34. The summed E-state index contributed by atoms with van der Waals surface area (Å²) in [5.74, 6) is -3.10. The van der Waals surface area contributed by atoms with Gasteiger partial charge in [0.05, 0.1) is 13.2 Å². The van der Waals surface area contributed by atoms with Crippen LogP contribution in [0.1, 0.15) is 25.3 Å². The average molecular weight is 418 g/mol. The topological polar surface area (TPSA) is 107 Å². The van der Waals surface area contributed by atoms with E-state index in [9.17, 15) is 4.79 Å². The molecule has 164 valence electrons. The third-order valence-corrected chi connectivity index (χ3v) is 5.13. The Balaban J connectivity index is 0.000000469. The molecule has 30 heavy (non-hydrogen) atoms. The second-order valence-electron chi connectivity index (χ2n) is 7.50. The van der Waals surface area contributed by atoms with Crippen molar-refractivity contribution in [2.75, 3.05) is 45.9 Å². The van der Waals surface area contributed by atoms with E-state index in [0.717, 1.165) is 45.6 Å². The van der Waals surface area contributed by atoms with Crippen LogP contribution in [-0.2, 0) is 19.1 Å². The van der Waals surface area contributed by atoms with E-state index in [2.05, 4.69) is 42.2 Å². The molecule has 2 heterocycles. The van der Waals surface area contributed by atoms with E-state index < -0.39 is 11.9 Å². The highest BCUT2D eigenvalue weighted by Crippen LogP contribution is 2.21. The highest BCUT2D eigenvalue weighted by atomic mass is 16.5. The van der Waals surface area contributed by atoms with E-state index >= 15 is 0 Å². The fraction of sp³-hybridized carbons (Fsp3) is 0.500. The summed E-state index contributed by atoms with van der Waals surface area (Å²) in [5.41, 5.74) is 2.63. The SMILES string of the molecule is CC(=Cc1ccccc1)CN1CCC(C(=O)N2CCOCC2)CC1.O=C(O)C(=O)O. The minimum absolute atomic E-state index is 0.206. The predicted molar refractivity (Wildman–Crippen MR) is 112 cm³/mol. The van der Waals surface area contributed by atoms with Crippen LogP contribution in [0.3, 0.4) is 0 Å². The van der Waals surface area contributed by atoms with Crippen LogP contribution >= 0.6 is 0 Å². The number of piperidine rings is 1. The highest BCUT2D eigenvalue weighted by Gasteiger charge is 2.29. The molecule has 0 atom stereocenters. The Morgan fingerprint density at radius 1 is 1.00 bits per heavy atom. The van der Waals surface area contributed by atoms with Gasteiger partial charge in [-0.25, -0.2) is 9.59 Å². The molecule has 2 aliphatic rings. The summed E-state index contributed by atoms with van der Waals surface area (Å²) in [6.45, 7) is 8.12. The number of carbonyl (C=O) groups is 3. The van der Waals surface area contributed by atoms with Crippen molar-refractivity contribution in [2.24, 2.45) is 5.92 Å². The summed E-state index contributed by atoms with van der Waals surface area (Å²) in [5, 5.41) is 14.8. The van der Waals surface area contributed by atoms with E-state index in [1.807, 2.05) is 11.0 Å². The molecule has 0 aliphatic carbocycles. The maximum Gasteiger partial charge on any atom is 0.414 e. The van der Waals surface area contributed by atoms with Gasteiger partial charge in [0.15, 0.2) is 0 Å². The lowest BCUT2D eigenvalue weighted by Gasteiger charge is -2.35. The molecule has 2 aliphatic heterocycles. The number of carboxylic acids is 2. The molecule has 1 amide bonds. The van der Waals surface area contributed by atoms with E-state index in [-0.39, 0.29) is 5.92 Å². The number of morpholine rings is 1. The normalized spacial score (nSPS) is 18.3. The molecule has 0 bridgehead atoms. The standard InChI is InChI=1S/C20H28N2O2.C2H2O4/c1-17(15-18-5-3-2-4-6-18)16-21-9-7-19(8-10-21)20(23)22-11-13-24-14-12-22;3-1(4)2(5)6/h2-6,15,19H,7-14,16H2,1H3;(H,3,4)(H,5,6). The zero-order valence-corrected chi connectivity index (χ0v) is 17.3. The van der Waals surface area contributed by atoms with Crippen LogP contribution in [0.4, 0.5) is 0 Å². The van der Waals surface area contributed by atoms with Crippen LogP contribution in [0.15, 0.2) is 35.9 Å². The summed E-state index contributed by atoms with van der Waals surface area (Å²) in [7, 11) is 0. The van der Waals surface area contributed by atoms with E-state index in [0.29, 0.717) is 19.1 Å². The van der Waals surface area contributed by atoms with Crippen LogP contribution in [0.2, 0.25) is 0 Å². The average Bonchev–Trinajstić information content (AvgIpc) is 2.75. The van der Waals surface area contributed by atoms with Crippen LogP contribution in [0.5, 0.6) is 0 Å². The number of ether oxygens (including phenoxy) is 1. The molecule has 0 radical (unpaired) electrons. The molecule has 0 spiro atoms. The zero-order valence-electron chi connectivity index (χ0n) is 17.3. The fourth-order valence-electron chi connectivity index (χ4n) is 3.61. The molecule has 0 aromatic heterocycles. The second kappa shape index (κ2) is 12.1. The van der Waals surface area contributed by atoms with Gasteiger partial charge in [-0.2, -0.15) is 0 Å². The Hall–Kier alpha value is -2.71. The number of aliphatic carboxylic acids is 2. The number of rotatable bonds is 4. The lowest BCUT2D eigenvalue weighted by Crippen LogP contribution is -2.46. The van der Waals surface area contributed by atoms with Gasteiger partial charge in [-0.3, -0.25) is 9.69 Å². The van der Waals surface area contributed by atoms with E-state index in [1.54, 1.807) is 0 Å². The number of carbonyl (C=O) groups excluding carboxylic acids is 1.